The lowest BCUT2D eigenvalue weighted by molar-refractivity contribution is 0.133. The van der Waals surface area contributed by atoms with Gasteiger partial charge in [0.05, 0.1) is 25.3 Å². The van der Waals surface area contributed by atoms with E-state index in [-0.39, 0.29) is 18.1 Å². The molecular formula is C10H14O5. The quantitative estimate of drug-likeness (QED) is 0.766. The van der Waals surface area contributed by atoms with Gasteiger partial charge in [-0.1, -0.05) is 6.92 Å². The van der Waals surface area contributed by atoms with E-state index in [1.165, 1.54) is 7.11 Å². The predicted octanol–water partition coefficient (Wildman–Crippen LogP) is 0.584. The van der Waals surface area contributed by atoms with Crippen LogP contribution in [0.15, 0.2) is 15.3 Å². The molecule has 0 fully saturated rings. The maximum Gasteiger partial charge on any atom is 0.339 e. The third-order valence-corrected chi connectivity index (χ3v) is 2.12. The molecule has 5 nitrogen and oxygen atoms in total. The van der Waals surface area contributed by atoms with Crippen molar-refractivity contribution in [3.05, 3.63) is 27.8 Å². The minimum atomic E-state index is -0.907. The third-order valence-electron chi connectivity index (χ3n) is 2.12. The van der Waals surface area contributed by atoms with Crippen molar-refractivity contribution >= 4 is 0 Å². The van der Waals surface area contributed by atoms with E-state index in [1.54, 1.807) is 6.92 Å². The normalized spacial score (nSPS) is 12.5. The number of ether oxygens (including phenoxy) is 1. The fourth-order valence-corrected chi connectivity index (χ4v) is 1.31. The van der Waals surface area contributed by atoms with Gasteiger partial charge in [-0.2, -0.15) is 0 Å². The highest BCUT2D eigenvalue weighted by Crippen LogP contribution is 2.26. The molecule has 0 aliphatic rings. The maximum atomic E-state index is 11.1. The van der Waals surface area contributed by atoms with Crippen molar-refractivity contribution in [1.29, 1.82) is 0 Å². The Balaban J connectivity index is 3.35. The number of hydrogen-bond acceptors (Lipinski definition) is 5. The molecule has 0 spiro atoms. The number of methoxy groups -OCH3 is 1. The number of aliphatic hydroxyl groups is 2. The van der Waals surface area contributed by atoms with Crippen LogP contribution in [0.25, 0.3) is 0 Å². The molecule has 1 rings (SSSR count). The molecule has 0 amide bonds. The average molecular weight is 214 g/mol. The molecule has 0 aliphatic heterocycles. The van der Waals surface area contributed by atoms with E-state index < -0.39 is 11.7 Å². The number of rotatable bonds is 4. The van der Waals surface area contributed by atoms with Gasteiger partial charge < -0.3 is 19.4 Å². The molecule has 0 radical (unpaired) electrons. The molecule has 1 atom stereocenters. The highest BCUT2D eigenvalue weighted by Gasteiger charge is 2.18. The van der Waals surface area contributed by atoms with E-state index >= 15 is 0 Å². The molecule has 0 aromatic carbocycles. The Kier molecular flexibility index (Phi) is 3.88. The summed E-state index contributed by atoms with van der Waals surface area (Å²) < 4.78 is 9.77. The molecule has 1 heterocycles. The van der Waals surface area contributed by atoms with Crippen LogP contribution in [0.3, 0.4) is 0 Å². The van der Waals surface area contributed by atoms with Gasteiger partial charge in [0, 0.05) is 0 Å². The van der Waals surface area contributed by atoms with E-state index in [9.17, 15) is 9.90 Å². The number of hydrogen-bond donors (Lipinski definition) is 2. The van der Waals surface area contributed by atoms with Crippen LogP contribution in [0.5, 0.6) is 5.75 Å². The SMILES string of the molecule is CC[C@H](O)c1oc(=O)cc(OC)c1CO. The van der Waals surface area contributed by atoms with Crippen LogP contribution in [-0.4, -0.2) is 17.3 Å². The van der Waals surface area contributed by atoms with Crippen molar-refractivity contribution in [2.75, 3.05) is 7.11 Å². The van der Waals surface area contributed by atoms with Crippen molar-refractivity contribution < 1.29 is 19.4 Å². The molecule has 0 bridgehead atoms. The van der Waals surface area contributed by atoms with Crippen LogP contribution in [0, 0.1) is 0 Å². The molecule has 1 aromatic rings. The van der Waals surface area contributed by atoms with Crippen LogP contribution in [0.1, 0.15) is 30.8 Å². The van der Waals surface area contributed by atoms with E-state index in [4.69, 9.17) is 14.3 Å². The summed E-state index contributed by atoms with van der Waals surface area (Å²) in [5, 5.41) is 18.7. The van der Waals surface area contributed by atoms with E-state index in [1.807, 2.05) is 0 Å². The van der Waals surface area contributed by atoms with Crippen molar-refractivity contribution in [2.45, 2.75) is 26.1 Å². The second kappa shape index (κ2) is 4.95. The first kappa shape index (κ1) is 11.7. The number of aliphatic hydroxyl groups excluding tert-OH is 2. The Bertz CT molecular complexity index is 382. The van der Waals surface area contributed by atoms with E-state index in [0.717, 1.165) is 6.07 Å². The first-order valence-electron chi connectivity index (χ1n) is 4.63. The minimum Gasteiger partial charge on any atom is -0.496 e. The Morgan fingerprint density at radius 2 is 2.27 bits per heavy atom. The van der Waals surface area contributed by atoms with Gasteiger partial charge in [0.2, 0.25) is 0 Å². The Hall–Kier alpha value is -1.33. The smallest absolute Gasteiger partial charge is 0.339 e. The van der Waals surface area contributed by atoms with Gasteiger partial charge in [-0.25, -0.2) is 4.79 Å². The van der Waals surface area contributed by atoms with E-state index in [0.29, 0.717) is 12.0 Å². The molecular weight excluding hydrogens is 200 g/mol. The summed E-state index contributed by atoms with van der Waals surface area (Å²) in [6.07, 6.45) is -0.515. The Morgan fingerprint density at radius 3 is 2.73 bits per heavy atom. The zero-order valence-corrected chi connectivity index (χ0v) is 8.69. The van der Waals surface area contributed by atoms with Crippen LogP contribution in [0.4, 0.5) is 0 Å². The lowest BCUT2D eigenvalue weighted by Gasteiger charge is -2.13. The summed E-state index contributed by atoms with van der Waals surface area (Å²) in [6, 6.07) is 1.14. The first-order valence-corrected chi connectivity index (χ1v) is 4.63. The lowest BCUT2D eigenvalue weighted by atomic mass is 10.1. The molecule has 2 N–H and O–H groups in total. The highest BCUT2D eigenvalue weighted by atomic mass is 16.5. The Morgan fingerprint density at radius 1 is 1.60 bits per heavy atom. The molecule has 84 valence electrons. The molecule has 1 aromatic heterocycles. The second-order valence-corrected chi connectivity index (χ2v) is 3.06. The van der Waals surface area contributed by atoms with E-state index in [2.05, 4.69) is 0 Å². The molecule has 0 aliphatic carbocycles. The van der Waals surface area contributed by atoms with Gasteiger partial charge in [-0.15, -0.1) is 0 Å². The topological polar surface area (TPSA) is 79.9 Å². The van der Waals surface area contributed by atoms with Crippen LogP contribution < -0.4 is 10.4 Å². The Labute approximate surface area is 86.9 Å². The van der Waals surface area contributed by atoms with Gasteiger partial charge >= 0.3 is 5.63 Å². The monoisotopic (exact) mass is 214 g/mol. The lowest BCUT2D eigenvalue weighted by Crippen LogP contribution is -2.10. The fraction of sp³-hybridized carbons (Fsp3) is 0.500. The molecule has 0 saturated heterocycles. The first-order chi connectivity index (χ1) is 7.13. The van der Waals surface area contributed by atoms with Crippen molar-refractivity contribution in [3.63, 3.8) is 0 Å². The van der Waals surface area contributed by atoms with Crippen LogP contribution in [0.2, 0.25) is 0 Å². The average Bonchev–Trinajstić information content (AvgIpc) is 2.26. The molecule has 0 saturated carbocycles. The van der Waals surface area contributed by atoms with Crippen molar-refractivity contribution in [3.8, 4) is 5.75 Å². The largest absolute Gasteiger partial charge is 0.496 e. The summed E-state index contributed by atoms with van der Waals surface area (Å²) in [5.41, 5.74) is -0.294. The van der Waals surface area contributed by atoms with Crippen molar-refractivity contribution in [1.82, 2.24) is 0 Å². The summed E-state index contributed by atoms with van der Waals surface area (Å²) >= 11 is 0. The summed E-state index contributed by atoms with van der Waals surface area (Å²) in [5.74, 6) is 0.306. The highest BCUT2D eigenvalue weighted by molar-refractivity contribution is 5.34. The summed E-state index contributed by atoms with van der Waals surface area (Å²) in [6.45, 7) is 1.39. The zero-order valence-electron chi connectivity index (χ0n) is 8.69. The van der Waals surface area contributed by atoms with Gasteiger partial charge in [-0.05, 0) is 6.42 Å². The standard InChI is InChI=1S/C10H14O5/c1-3-7(12)10-6(5-11)8(14-2)4-9(13)15-10/h4,7,11-12H,3,5H2,1-2H3/t7-/m0/s1. The molecule has 15 heavy (non-hydrogen) atoms. The summed E-state index contributed by atoms with van der Waals surface area (Å²) in [7, 11) is 1.38. The molecule has 5 heteroatoms. The minimum absolute atomic E-state index is 0.0735. The third kappa shape index (κ3) is 2.37. The fourth-order valence-electron chi connectivity index (χ4n) is 1.31. The molecule has 0 unspecified atom stereocenters. The van der Waals surface area contributed by atoms with Crippen LogP contribution in [-0.2, 0) is 6.61 Å². The van der Waals surface area contributed by atoms with Gasteiger partial charge in [0.15, 0.2) is 0 Å². The van der Waals surface area contributed by atoms with Gasteiger partial charge in [0.25, 0.3) is 0 Å². The van der Waals surface area contributed by atoms with Crippen LogP contribution >= 0.6 is 0 Å². The zero-order chi connectivity index (χ0) is 11.4. The van der Waals surface area contributed by atoms with Gasteiger partial charge in [-0.3, -0.25) is 0 Å². The van der Waals surface area contributed by atoms with Crippen molar-refractivity contribution in [2.24, 2.45) is 0 Å². The maximum absolute atomic E-state index is 11.1. The van der Waals surface area contributed by atoms with Gasteiger partial charge in [0.1, 0.15) is 17.6 Å². The predicted molar refractivity (Wildman–Crippen MR) is 52.7 cm³/mol. The second-order valence-electron chi connectivity index (χ2n) is 3.06. The summed E-state index contributed by atoms with van der Waals surface area (Å²) in [4.78, 5) is 11.1.